The van der Waals surface area contributed by atoms with Gasteiger partial charge in [-0.3, -0.25) is 0 Å². The Morgan fingerprint density at radius 3 is 2.48 bits per heavy atom. The summed E-state index contributed by atoms with van der Waals surface area (Å²) < 4.78 is 6.55. The lowest BCUT2D eigenvalue weighted by Gasteiger charge is -2.11. The van der Waals surface area contributed by atoms with Crippen molar-refractivity contribution in [1.29, 1.82) is 0 Å². The first-order valence-corrected chi connectivity index (χ1v) is 7.13. The molecule has 1 aromatic heterocycles. The fourth-order valence-electron chi connectivity index (χ4n) is 1.95. The highest BCUT2D eigenvalue weighted by Gasteiger charge is 2.10. The highest BCUT2D eigenvalue weighted by molar-refractivity contribution is 9.10. The van der Waals surface area contributed by atoms with E-state index in [0.717, 1.165) is 11.1 Å². The number of hydrogen-bond donors (Lipinski definition) is 1. The first kappa shape index (κ1) is 13.6. The van der Waals surface area contributed by atoms with Crippen molar-refractivity contribution in [2.45, 2.75) is 0 Å². The van der Waals surface area contributed by atoms with Gasteiger partial charge in [0.2, 0.25) is 11.8 Å². The maximum Gasteiger partial charge on any atom is 0.238 e. The zero-order valence-electron chi connectivity index (χ0n) is 11.0. The molecular weight excluding hydrogens is 330 g/mol. The van der Waals surface area contributed by atoms with Gasteiger partial charge in [0.15, 0.2) is 0 Å². The van der Waals surface area contributed by atoms with Crippen LogP contribution in [-0.2, 0) is 0 Å². The Labute approximate surface area is 130 Å². The molecule has 0 aliphatic carbocycles. The Bertz CT molecular complexity index is 762. The number of rotatable bonds is 3. The van der Waals surface area contributed by atoms with Crippen LogP contribution in [0.1, 0.15) is 0 Å². The third-order valence-corrected chi connectivity index (χ3v) is 3.45. The Morgan fingerprint density at radius 1 is 0.952 bits per heavy atom. The molecule has 3 aromatic rings. The Morgan fingerprint density at radius 2 is 1.67 bits per heavy atom. The lowest BCUT2D eigenvalue weighted by Crippen LogP contribution is -1.98. The zero-order valence-corrected chi connectivity index (χ0v) is 12.6. The predicted octanol–water partition coefficient (Wildman–Crippen LogP) is 4.28. The van der Waals surface area contributed by atoms with Gasteiger partial charge in [0.25, 0.3) is 0 Å². The van der Waals surface area contributed by atoms with Crippen LogP contribution in [0.25, 0.3) is 11.1 Å². The number of para-hydroxylation sites is 1. The molecule has 3 rings (SSSR count). The SMILES string of the molecule is Nc1ncc(Br)c(Oc2ccccc2-c2ccccc2)n1. The van der Waals surface area contributed by atoms with Gasteiger partial charge in [0.05, 0.1) is 10.7 Å². The number of aromatic nitrogens is 2. The fraction of sp³-hybridized carbons (Fsp3) is 0. The largest absolute Gasteiger partial charge is 0.437 e. The molecule has 1 heterocycles. The van der Waals surface area contributed by atoms with Gasteiger partial charge in [-0.1, -0.05) is 48.5 Å². The fourth-order valence-corrected chi connectivity index (χ4v) is 2.22. The van der Waals surface area contributed by atoms with Gasteiger partial charge < -0.3 is 10.5 Å². The molecular formula is C16H12BrN3O. The van der Waals surface area contributed by atoms with Crippen LogP contribution in [-0.4, -0.2) is 9.97 Å². The van der Waals surface area contributed by atoms with Gasteiger partial charge in [-0.2, -0.15) is 4.98 Å². The lowest BCUT2D eigenvalue weighted by atomic mass is 10.1. The van der Waals surface area contributed by atoms with Gasteiger partial charge in [0.1, 0.15) is 5.75 Å². The van der Waals surface area contributed by atoms with Crippen LogP contribution in [0.5, 0.6) is 11.6 Å². The number of benzene rings is 2. The Balaban J connectivity index is 2.02. The van der Waals surface area contributed by atoms with Crippen LogP contribution < -0.4 is 10.5 Å². The zero-order chi connectivity index (χ0) is 14.7. The van der Waals surface area contributed by atoms with Crippen LogP contribution in [0, 0.1) is 0 Å². The molecule has 0 fully saturated rings. The van der Waals surface area contributed by atoms with E-state index in [1.54, 1.807) is 6.20 Å². The van der Waals surface area contributed by atoms with E-state index < -0.39 is 0 Å². The summed E-state index contributed by atoms with van der Waals surface area (Å²) in [7, 11) is 0. The van der Waals surface area contributed by atoms with Crippen molar-refractivity contribution >= 4 is 21.9 Å². The molecule has 0 saturated heterocycles. The van der Waals surface area contributed by atoms with E-state index in [1.807, 2.05) is 54.6 Å². The number of nitrogens with two attached hydrogens (primary N) is 1. The monoisotopic (exact) mass is 341 g/mol. The second-order valence-electron chi connectivity index (χ2n) is 4.35. The van der Waals surface area contributed by atoms with E-state index in [-0.39, 0.29) is 5.95 Å². The summed E-state index contributed by atoms with van der Waals surface area (Å²) in [4.78, 5) is 8.00. The van der Waals surface area contributed by atoms with Crippen LogP contribution >= 0.6 is 15.9 Å². The molecule has 0 aliphatic heterocycles. The van der Waals surface area contributed by atoms with Gasteiger partial charge in [0, 0.05) is 5.56 Å². The van der Waals surface area contributed by atoms with Crippen molar-refractivity contribution in [1.82, 2.24) is 9.97 Å². The van der Waals surface area contributed by atoms with E-state index in [2.05, 4.69) is 25.9 Å². The maximum absolute atomic E-state index is 5.90. The van der Waals surface area contributed by atoms with Crippen LogP contribution in [0.4, 0.5) is 5.95 Å². The van der Waals surface area contributed by atoms with Crippen molar-refractivity contribution < 1.29 is 4.74 Å². The summed E-state index contributed by atoms with van der Waals surface area (Å²) in [6, 6.07) is 17.8. The summed E-state index contributed by atoms with van der Waals surface area (Å²) in [5, 5.41) is 0. The summed E-state index contributed by atoms with van der Waals surface area (Å²) in [6.45, 7) is 0. The number of halogens is 1. The van der Waals surface area contributed by atoms with Crippen molar-refractivity contribution in [3.05, 3.63) is 65.3 Å². The molecule has 5 heteroatoms. The third-order valence-electron chi connectivity index (χ3n) is 2.91. The molecule has 0 unspecified atom stereocenters. The first-order valence-electron chi connectivity index (χ1n) is 6.34. The van der Waals surface area contributed by atoms with E-state index in [9.17, 15) is 0 Å². The highest BCUT2D eigenvalue weighted by atomic mass is 79.9. The molecule has 0 amide bonds. The van der Waals surface area contributed by atoms with Crippen molar-refractivity contribution in [2.75, 3.05) is 5.73 Å². The van der Waals surface area contributed by atoms with Crippen LogP contribution in [0.2, 0.25) is 0 Å². The molecule has 0 bridgehead atoms. The standard InChI is InChI=1S/C16H12BrN3O/c17-13-10-19-16(18)20-15(13)21-14-9-5-4-8-12(14)11-6-2-1-3-7-11/h1-10H,(H2,18,19,20). The van der Waals surface area contributed by atoms with Crippen molar-refractivity contribution in [3.63, 3.8) is 0 Å². The van der Waals surface area contributed by atoms with E-state index in [1.165, 1.54) is 0 Å². The predicted molar refractivity (Wildman–Crippen MR) is 86.1 cm³/mol. The molecule has 104 valence electrons. The number of hydrogen-bond acceptors (Lipinski definition) is 4. The molecule has 2 aromatic carbocycles. The molecule has 2 N–H and O–H groups in total. The number of nitrogens with zero attached hydrogens (tertiary/aromatic N) is 2. The summed E-state index contributed by atoms with van der Waals surface area (Å²) in [5.74, 6) is 1.28. The molecule has 0 atom stereocenters. The first-order chi connectivity index (χ1) is 10.2. The number of anilines is 1. The maximum atomic E-state index is 5.90. The quantitative estimate of drug-likeness (QED) is 0.772. The smallest absolute Gasteiger partial charge is 0.238 e. The molecule has 0 radical (unpaired) electrons. The topological polar surface area (TPSA) is 61.0 Å². The average molecular weight is 342 g/mol. The third kappa shape index (κ3) is 3.03. The van der Waals surface area contributed by atoms with E-state index >= 15 is 0 Å². The van der Waals surface area contributed by atoms with Gasteiger partial charge in [-0.05, 0) is 27.6 Å². The van der Waals surface area contributed by atoms with Gasteiger partial charge in [-0.25, -0.2) is 4.98 Å². The van der Waals surface area contributed by atoms with E-state index in [4.69, 9.17) is 10.5 Å². The Hall–Kier alpha value is -2.40. The molecule has 0 spiro atoms. The molecule has 0 saturated carbocycles. The minimum absolute atomic E-state index is 0.172. The molecule has 0 aliphatic rings. The second kappa shape index (κ2) is 5.93. The van der Waals surface area contributed by atoms with Crippen LogP contribution in [0.3, 0.4) is 0 Å². The van der Waals surface area contributed by atoms with E-state index in [0.29, 0.717) is 16.1 Å². The van der Waals surface area contributed by atoms with Crippen molar-refractivity contribution in [2.24, 2.45) is 0 Å². The summed E-state index contributed by atoms with van der Waals surface area (Å²) in [6.07, 6.45) is 1.57. The minimum Gasteiger partial charge on any atom is -0.437 e. The van der Waals surface area contributed by atoms with Crippen LogP contribution in [0.15, 0.2) is 65.3 Å². The lowest BCUT2D eigenvalue weighted by molar-refractivity contribution is 0.461. The minimum atomic E-state index is 0.172. The van der Waals surface area contributed by atoms with Gasteiger partial charge >= 0.3 is 0 Å². The molecule has 4 nitrogen and oxygen atoms in total. The normalized spacial score (nSPS) is 10.3. The highest BCUT2D eigenvalue weighted by Crippen LogP contribution is 2.34. The average Bonchev–Trinajstić information content (AvgIpc) is 2.52. The summed E-state index contributed by atoms with van der Waals surface area (Å²) >= 11 is 3.36. The second-order valence-corrected chi connectivity index (χ2v) is 5.20. The van der Waals surface area contributed by atoms with Gasteiger partial charge in [-0.15, -0.1) is 0 Å². The molecule has 21 heavy (non-hydrogen) atoms. The number of ether oxygens (including phenoxy) is 1. The number of nitrogen functional groups attached to an aromatic ring is 1. The van der Waals surface area contributed by atoms with Crippen molar-refractivity contribution in [3.8, 4) is 22.8 Å². The Kier molecular flexibility index (Phi) is 3.83. The summed E-state index contributed by atoms with van der Waals surface area (Å²) in [5.41, 5.74) is 7.67.